The van der Waals surface area contributed by atoms with Crippen molar-refractivity contribution >= 4 is 17.5 Å². The van der Waals surface area contributed by atoms with Gasteiger partial charge in [-0.25, -0.2) is 0 Å². The molecule has 0 heterocycles. The fourth-order valence-electron chi connectivity index (χ4n) is 2.97. The lowest BCUT2D eigenvalue weighted by molar-refractivity contribution is -0.384. The minimum Gasteiger partial charge on any atom is -0.343 e. The van der Waals surface area contributed by atoms with E-state index in [9.17, 15) is 19.7 Å². The number of nitrogens with one attached hydrogen (secondary N) is 1. The number of amides is 2. The molecule has 0 aliphatic heterocycles. The summed E-state index contributed by atoms with van der Waals surface area (Å²) in [6.07, 6.45) is 0. The van der Waals surface area contributed by atoms with Crippen LogP contribution in [0.4, 0.5) is 5.69 Å². The van der Waals surface area contributed by atoms with Crippen LogP contribution < -0.4 is 5.32 Å². The molecule has 0 bridgehead atoms. The number of hydrogen-bond acceptors (Lipinski definition) is 4. The minimum absolute atomic E-state index is 0.134. The molecule has 7 nitrogen and oxygen atoms in total. The molecule has 2 amide bonds. The average molecular weight is 403 g/mol. The maximum absolute atomic E-state index is 12.9. The Morgan fingerprint density at radius 3 is 1.93 bits per heavy atom. The number of rotatable bonds is 8. The zero-order valence-electron chi connectivity index (χ0n) is 16.2. The Morgan fingerprint density at radius 2 is 1.40 bits per heavy atom. The lowest BCUT2D eigenvalue weighted by Crippen LogP contribution is -2.39. The van der Waals surface area contributed by atoms with Crippen molar-refractivity contribution in [1.29, 1.82) is 0 Å². The fourth-order valence-corrected chi connectivity index (χ4v) is 2.97. The first-order valence-electron chi connectivity index (χ1n) is 9.41. The molecule has 3 aromatic carbocycles. The highest BCUT2D eigenvalue weighted by atomic mass is 16.6. The number of nitrogens with zero attached hydrogens (tertiary/aromatic N) is 2. The van der Waals surface area contributed by atoms with Crippen LogP contribution in [0.3, 0.4) is 0 Å². The van der Waals surface area contributed by atoms with E-state index in [1.54, 1.807) is 4.90 Å². The van der Waals surface area contributed by atoms with Crippen LogP contribution in [-0.4, -0.2) is 28.2 Å². The van der Waals surface area contributed by atoms with Crippen molar-refractivity contribution < 1.29 is 14.5 Å². The smallest absolute Gasteiger partial charge is 0.270 e. The number of carbonyl (C=O) groups excluding carboxylic acids is 2. The molecule has 0 saturated heterocycles. The van der Waals surface area contributed by atoms with E-state index in [-0.39, 0.29) is 23.7 Å². The Morgan fingerprint density at radius 1 is 0.833 bits per heavy atom. The van der Waals surface area contributed by atoms with Crippen LogP contribution in [0.15, 0.2) is 84.9 Å². The maximum Gasteiger partial charge on any atom is 0.270 e. The number of carbonyl (C=O) groups is 2. The third-order valence-electron chi connectivity index (χ3n) is 4.50. The highest BCUT2D eigenvalue weighted by Gasteiger charge is 2.17. The standard InChI is InChI=1S/C23H21N3O4/c27-22(15-24-23(28)20-12-7-13-21(14-20)26(29)30)25(16-18-8-3-1-4-9-18)17-19-10-5-2-6-11-19/h1-14H,15-17H2,(H,24,28). The minimum atomic E-state index is -0.566. The summed E-state index contributed by atoms with van der Waals surface area (Å²) in [6.45, 7) is 0.601. The van der Waals surface area contributed by atoms with E-state index < -0.39 is 10.8 Å². The summed E-state index contributed by atoms with van der Waals surface area (Å²) < 4.78 is 0. The lowest BCUT2D eigenvalue weighted by atomic mass is 10.1. The summed E-state index contributed by atoms with van der Waals surface area (Å²) in [7, 11) is 0. The van der Waals surface area contributed by atoms with E-state index in [4.69, 9.17) is 0 Å². The molecule has 3 aromatic rings. The quantitative estimate of drug-likeness (QED) is 0.460. The molecule has 0 atom stereocenters. The van der Waals surface area contributed by atoms with Crippen LogP contribution in [0.25, 0.3) is 0 Å². The van der Waals surface area contributed by atoms with Gasteiger partial charge in [0.15, 0.2) is 0 Å². The van der Waals surface area contributed by atoms with E-state index >= 15 is 0 Å². The van der Waals surface area contributed by atoms with E-state index in [0.29, 0.717) is 13.1 Å². The van der Waals surface area contributed by atoms with Crippen LogP contribution in [-0.2, 0) is 17.9 Å². The monoisotopic (exact) mass is 403 g/mol. The molecule has 7 heteroatoms. The molecule has 152 valence electrons. The predicted molar refractivity (Wildman–Crippen MR) is 113 cm³/mol. The van der Waals surface area contributed by atoms with Crippen molar-refractivity contribution in [3.8, 4) is 0 Å². The van der Waals surface area contributed by atoms with Crippen molar-refractivity contribution in [2.75, 3.05) is 6.54 Å². The van der Waals surface area contributed by atoms with Gasteiger partial charge in [-0.3, -0.25) is 19.7 Å². The molecule has 0 fully saturated rings. The van der Waals surface area contributed by atoms with Gasteiger partial charge in [0.1, 0.15) is 0 Å². The van der Waals surface area contributed by atoms with E-state index in [1.165, 1.54) is 24.3 Å². The van der Waals surface area contributed by atoms with Gasteiger partial charge in [-0.1, -0.05) is 66.7 Å². The summed E-state index contributed by atoms with van der Waals surface area (Å²) in [5.41, 5.74) is 1.91. The summed E-state index contributed by atoms with van der Waals surface area (Å²) >= 11 is 0. The maximum atomic E-state index is 12.9. The molecule has 0 aromatic heterocycles. The molecule has 3 rings (SSSR count). The normalized spacial score (nSPS) is 10.3. The molecule has 0 aliphatic rings. The number of nitro benzene ring substituents is 1. The van der Waals surface area contributed by atoms with Gasteiger partial charge in [0.2, 0.25) is 5.91 Å². The Kier molecular flexibility index (Phi) is 6.89. The van der Waals surface area contributed by atoms with Gasteiger partial charge in [-0.2, -0.15) is 0 Å². The first-order chi connectivity index (χ1) is 14.5. The molecular weight excluding hydrogens is 382 g/mol. The van der Waals surface area contributed by atoms with Crippen molar-refractivity contribution in [1.82, 2.24) is 10.2 Å². The SMILES string of the molecule is O=C(NCC(=O)N(Cc1ccccc1)Cc1ccccc1)c1cccc([N+](=O)[O-])c1. The Balaban J connectivity index is 1.68. The lowest BCUT2D eigenvalue weighted by Gasteiger charge is -2.23. The number of hydrogen-bond donors (Lipinski definition) is 1. The first kappa shape index (κ1) is 20.7. The Hall–Kier alpha value is -4.00. The number of nitro groups is 1. The predicted octanol–water partition coefficient (Wildman–Crippen LogP) is 3.55. The molecule has 0 saturated carbocycles. The molecule has 0 radical (unpaired) electrons. The molecule has 30 heavy (non-hydrogen) atoms. The van der Waals surface area contributed by atoms with Gasteiger partial charge in [-0.05, 0) is 17.2 Å². The second-order valence-electron chi connectivity index (χ2n) is 6.71. The highest BCUT2D eigenvalue weighted by Crippen LogP contribution is 2.13. The van der Waals surface area contributed by atoms with Crippen LogP contribution >= 0.6 is 0 Å². The number of benzene rings is 3. The second kappa shape index (κ2) is 9.97. The third kappa shape index (κ3) is 5.75. The zero-order chi connectivity index (χ0) is 21.3. The van der Waals surface area contributed by atoms with E-state index in [1.807, 2.05) is 60.7 Å². The van der Waals surface area contributed by atoms with Crippen LogP contribution in [0, 0.1) is 10.1 Å². The molecule has 0 unspecified atom stereocenters. The van der Waals surface area contributed by atoms with Crippen molar-refractivity contribution in [2.24, 2.45) is 0 Å². The number of non-ortho nitro benzene ring substituents is 1. The van der Waals surface area contributed by atoms with Gasteiger partial charge in [0.25, 0.3) is 11.6 Å². The van der Waals surface area contributed by atoms with Gasteiger partial charge in [-0.15, -0.1) is 0 Å². The topological polar surface area (TPSA) is 92.6 Å². The van der Waals surface area contributed by atoms with Gasteiger partial charge in [0, 0.05) is 30.8 Å². The highest BCUT2D eigenvalue weighted by molar-refractivity contribution is 5.96. The van der Waals surface area contributed by atoms with Crippen LogP contribution in [0.5, 0.6) is 0 Å². The Labute approximate surface area is 174 Å². The van der Waals surface area contributed by atoms with Crippen LogP contribution in [0.1, 0.15) is 21.5 Å². The largest absolute Gasteiger partial charge is 0.343 e. The Bertz CT molecular complexity index is 981. The molecular formula is C23H21N3O4. The summed E-state index contributed by atoms with van der Waals surface area (Å²) in [5, 5.41) is 13.5. The van der Waals surface area contributed by atoms with Crippen molar-refractivity contribution in [3.05, 3.63) is 112 Å². The van der Waals surface area contributed by atoms with Crippen LogP contribution in [0.2, 0.25) is 0 Å². The second-order valence-corrected chi connectivity index (χ2v) is 6.71. The fraction of sp³-hybridized carbons (Fsp3) is 0.130. The third-order valence-corrected chi connectivity index (χ3v) is 4.50. The molecule has 1 N–H and O–H groups in total. The first-order valence-corrected chi connectivity index (χ1v) is 9.41. The molecule has 0 aliphatic carbocycles. The summed E-state index contributed by atoms with van der Waals surface area (Å²) in [5.74, 6) is -0.784. The van der Waals surface area contributed by atoms with Gasteiger partial charge in [0.05, 0.1) is 11.5 Å². The molecule has 0 spiro atoms. The summed E-state index contributed by atoms with van der Waals surface area (Å²) in [4.78, 5) is 37.2. The van der Waals surface area contributed by atoms with E-state index in [2.05, 4.69) is 5.32 Å². The van der Waals surface area contributed by atoms with Crippen molar-refractivity contribution in [2.45, 2.75) is 13.1 Å². The van der Waals surface area contributed by atoms with Gasteiger partial charge >= 0.3 is 0 Å². The van der Waals surface area contributed by atoms with Gasteiger partial charge < -0.3 is 10.2 Å². The average Bonchev–Trinajstić information content (AvgIpc) is 2.78. The van der Waals surface area contributed by atoms with E-state index in [0.717, 1.165) is 11.1 Å². The zero-order valence-corrected chi connectivity index (χ0v) is 16.2. The summed E-state index contributed by atoms with van der Waals surface area (Å²) in [6, 6.07) is 24.6. The van der Waals surface area contributed by atoms with Crippen molar-refractivity contribution in [3.63, 3.8) is 0 Å².